The number of hydrogen-bond acceptors (Lipinski definition) is 5. The van der Waals surface area contributed by atoms with E-state index >= 15 is 0 Å². The topological polar surface area (TPSA) is 102 Å². The van der Waals surface area contributed by atoms with E-state index in [1.54, 1.807) is 31.2 Å². The number of primary amides is 1. The summed E-state index contributed by atoms with van der Waals surface area (Å²) in [5.74, 6) is 5.17. The second-order valence-electron chi connectivity index (χ2n) is 6.79. The normalized spacial score (nSPS) is 13.0. The van der Waals surface area contributed by atoms with Crippen molar-refractivity contribution in [2.24, 2.45) is 17.5 Å². The molecule has 0 fully saturated rings. The van der Waals surface area contributed by atoms with Crippen molar-refractivity contribution in [3.05, 3.63) is 75.1 Å². The van der Waals surface area contributed by atoms with Gasteiger partial charge in [-0.2, -0.15) is 0 Å². The van der Waals surface area contributed by atoms with Gasteiger partial charge in [0.1, 0.15) is 11.0 Å². The molecule has 4 N–H and O–H groups in total. The second kappa shape index (κ2) is 8.73. The molecule has 6 nitrogen and oxygen atoms in total. The van der Waals surface area contributed by atoms with Gasteiger partial charge < -0.3 is 5.73 Å². The molecule has 0 aliphatic carbocycles. The molecule has 0 saturated carbocycles. The Kier molecular flexibility index (Phi) is 6.32. The number of hydrazine groups is 1. The van der Waals surface area contributed by atoms with Crippen LogP contribution < -0.4 is 11.6 Å². The number of carbonyl (C=O) groups is 2. The van der Waals surface area contributed by atoms with Crippen molar-refractivity contribution in [2.45, 2.75) is 19.9 Å². The van der Waals surface area contributed by atoms with Crippen LogP contribution in [0.1, 0.15) is 33.9 Å². The van der Waals surface area contributed by atoms with Crippen LogP contribution >= 0.6 is 22.9 Å². The molecule has 2 aromatic carbocycles. The highest BCUT2D eigenvalue weighted by Gasteiger charge is 2.34. The summed E-state index contributed by atoms with van der Waals surface area (Å²) in [6.45, 7) is 3.67. The number of halogens is 1. The van der Waals surface area contributed by atoms with E-state index in [0.717, 1.165) is 16.1 Å². The summed E-state index contributed by atoms with van der Waals surface area (Å²) in [6, 6.07) is 12.9. The van der Waals surface area contributed by atoms with Gasteiger partial charge in [0.2, 0.25) is 0 Å². The molecule has 3 rings (SSSR count). The standard InChI is InChI=1S/C21H21ClN4O2S/c1-12-3-5-15(6-4-12)19(27)13(2)18(26(24)21(23)28)20-25-17(11-29-20)14-7-9-16(22)10-8-14/h3-11,13,18H,24H2,1-2H3,(H2,23,28). The van der Waals surface area contributed by atoms with Crippen LogP contribution in [0.5, 0.6) is 0 Å². The van der Waals surface area contributed by atoms with Crippen molar-refractivity contribution < 1.29 is 9.59 Å². The first-order valence-electron chi connectivity index (χ1n) is 8.93. The van der Waals surface area contributed by atoms with Crippen molar-refractivity contribution in [2.75, 3.05) is 0 Å². The molecule has 0 radical (unpaired) electrons. The van der Waals surface area contributed by atoms with E-state index in [1.807, 2.05) is 36.6 Å². The largest absolute Gasteiger partial charge is 0.350 e. The molecule has 2 amide bonds. The third-order valence-corrected chi connectivity index (χ3v) is 5.86. The predicted molar refractivity (Wildman–Crippen MR) is 116 cm³/mol. The number of Topliss-reactive ketones (excluding diaryl/α,β-unsaturated/α-hetero) is 1. The summed E-state index contributed by atoms with van der Waals surface area (Å²) in [7, 11) is 0. The fourth-order valence-corrected chi connectivity index (χ4v) is 4.17. The Hall–Kier alpha value is -2.74. The molecule has 150 valence electrons. The van der Waals surface area contributed by atoms with Crippen molar-refractivity contribution in [3.8, 4) is 11.3 Å². The minimum absolute atomic E-state index is 0.144. The number of aryl methyl sites for hydroxylation is 1. The first kappa shape index (κ1) is 21.0. The zero-order valence-electron chi connectivity index (χ0n) is 16.0. The number of urea groups is 1. The Morgan fingerprint density at radius 3 is 2.31 bits per heavy atom. The highest BCUT2D eigenvalue weighted by molar-refractivity contribution is 7.10. The fourth-order valence-electron chi connectivity index (χ4n) is 3.01. The van der Waals surface area contributed by atoms with Crippen molar-refractivity contribution in [1.82, 2.24) is 9.99 Å². The number of thiazole rings is 1. The van der Waals surface area contributed by atoms with Gasteiger partial charge in [-0.05, 0) is 19.1 Å². The summed E-state index contributed by atoms with van der Waals surface area (Å²) in [5, 5.41) is 3.88. The first-order chi connectivity index (χ1) is 13.8. The Labute approximate surface area is 178 Å². The lowest BCUT2D eigenvalue weighted by molar-refractivity contribution is 0.0838. The molecular weight excluding hydrogens is 408 g/mol. The Balaban J connectivity index is 1.95. The molecule has 1 aromatic heterocycles. The number of amides is 2. The van der Waals surface area contributed by atoms with Crippen molar-refractivity contribution >= 4 is 34.8 Å². The van der Waals surface area contributed by atoms with Crippen LogP contribution in [0.2, 0.25) is 5.02 Å². The number of carbonyl (C=O) groups excluding carboxylic acids is 2. The molecule has 1 heterocycles. The highest BCUT2D eigenvalue weighted by Crippen LogP contribution is 2.34. The summed E-state index contributed by atoms with van der Waals surface area (Å²) >= 11 is 7.27. The number of nitrogens with two attached hydrogens (primary N) is 2. The Morgan fingerprint density at radius 1 is 1.10 bits per heavy atom. The summed E-state index contributed by atoms with van der Waals surface area (Å²) in [6.07, 6.45) is 0. The molecule has 2 atom stereocenters. The minimum Gasteiger partial charge on any atom is -0.350 e. The summed E-state index contributed by atoms with van der Waals surface area (Å²) < 4.78 is 0. The molecule has 0 spiro atoms. The fraction of sp³-hybridized carbons (Fsp3) is 0.190. The van der Waals surface area contributed by atoms with E-state index in [0.29, 0.717) is 21.3 Å². The van der Waals surface area contributed by atoms with E-state index in [9.17, 15) is 9.59 Å². The van der Waals surface area contributed by atoms with Gasteiger partial charge in [0.15, 0.2) is 5.78 Å². The van der Waals surface area contributed by atoms with Crippen LogP contribution in [0, 0.1) is 12.8 Å². The molecule has 2 unspecified atom stereocenters. The number of rotatable bonds is 6. The van der Waals surface area contributed by atoms with Gasteiger partial charge in [-0.15, -0.1) is 11.3 Å². The molecule has 8 heteroatoms. The van der Waals surface area contributed by atoms with E-state index in [4.69, 9.17) is 23.2 Å². The maximum absolute atomic E-state index is 13.0. The lowest BCUT2D eigenvalue weighted by atomic mass is 9.92. The van der Waals surface area contributed by atoms with Crippen molar-refractivity contribution in [3.63, 3.8) is 0 Å². The molecule has 3 aromatic rings. The number of hydrogen-bond donors (Lipinski definition) is 2. The molecule has 0 bridgehead atoms. The minimum atomic E-state index is -0.832. The van der Waals surface area contributed by atoms with E-state index in [-0.39, 0.29) is 5.78 Å². The van der Waals surface area contributed by atoms with Crippen LogP contribution in [0.3, 0.4) is 0 Å². The molecular formula is C21H21ClN4O2S. The van der Waals surface area contributed by atoms with Crippen LogP contribution in [-0.2, 0) is 0 Å². The maximum atomic E-state index is 13.0. The number of ketones is 1. The van der Waals surface area contributed by atoms with Gasteiger partial charge in [-0.3, -0.25) is 9.80 Å². The number of aromatic nitrogens is 1. The van der Waals surface area contributed by atoms with Gasteiger partial charge in [-0.1, -0.05) is 60.5 Å². The smallest absolute Gasteiger partial charge is 0.329 e. The third-order valence-electron chi connectivity index (χ3n) is 4.69. The van der Waals surface area contributed by atoms with Gasteiger partial charge in [-0.25, -0.2) is 15.6 Å². The van der Waals surface area contributed by atoms with Crippen LogP contribution in [0.25, 0.3) is 11.3 Å². The van der Waals surface area contributed by atoms with Crippen LogP contribution in [-0.4, -0.2) is 21.8 Å². The van der Waals surface area contributed by atoms with Gasteiger partial charge in [0.25, 0.3) is 0 Å². The van der Waals surface area contributed by atoms with Gasteiger partial charge in [0, 0.05) is 27.4 Å². The van der Waals surface area contributed by atoms with E-state index in [2.05, 4.69) is 4.98 Å². The molecule has 0 aliphatic heterocycles. The maximum Gasteiger partial charge on any atom is 0.329 e. The summed E-state index contributed by atoms with van der Waals surface area (Å²) in [5.41, 5.74) is 8.59. The predicted octanol–water partition coefficient (Wildman–Crippen LogP) is 4.59. The van der Waals surface area contributed by atoms with Crippen LogP contribution in [0.4, 0.5) is 4.79 Å². The lowest BCUT2D eigenvalue weighted by Gasteiger charge is -2.28. The SMILES string of the molecule is Cc1ccc(C(=O)C(C)C(c2nc(-c3ccc(Cl)cc3)cs2)N(N)C(N)=O)cc1. The Morgan fingerprint density at radius 2 is 1.72 bits per heavy atom. The number of benzene rings is 2. The summed E-state index contributed by atoms with van der Waals surface area (Å²) in [4.78, 5) is 29.5. The van der Waals surface area contributed by atoms with Crippen molar-refractivity contribution in [1.29, 1.82) is 0 Å². The number of nitrogens with zero attached hydrogens (tertiary/aromatic N) is 2. The van der Waals surface area contributed by atoms with E-state index < -0.39 is 18.0 Å². The monoisotopic (exact) mass is 428 g/mol. The van der Waals surface area contributed by atoms with Gasteiger partial charge in [0.05, 0.1) is 5.69 Å². The zero-order chi connectivity index (χ0) is 21.1. The third kappa shape index (κ3) is 4.64. The average molecular weight is 429 g/mol. The zero-order valence-corrected chi connectivity index (χ0v) is 17.6. The first-order valence-corrected chi connectivity index (χ1v) is 10.2. The second-order valence-corrected chi connectivity index (χ2v) is 8.11. The highest BCUT2D eigenvalue weighted by atomic mass is 35.5. The average Bonchev–Trinajstić information content (AvgIpc) is 3.18. The molecule has 29 heavy (non-hydrogen) atoms. The van der Waals surface area contributed by atoms with E-state index in [1.165, 1.54) is 11.3 Å². The quantitative estimate of drug-likeness (QED) is 0.259. The van der Waals surface area contributed by atoms with Gasteiger partial charge >= 0.3 is 6.03 Å². The Bertz CT molecular complexity index is 1020. The lowest BCUT2D eigenvalue weighted by Crippen LogP contribution is -2.47. The molecule has 0 aliphatic rings. The van der Waals surface area contributed by atoms with Crippen LogP contribution in [0.15, 0.2) is 53.9 Å². The molecule has 0 saturated heterocycles.